The summed E-state index contributed by atoms with van der Waals surface area (Å²) in [4.78, 5) is 21.8. The van der Waals surface area contributed by atoms with Gasteiger partial charge in [-0.2, -0.15) is 0 Å². The Morgan fingerprint density at radius 2 is 1.25 bits per heavy atom. The van der Waals surface area contributed by atoms with E-state index in [0.717, 1.165) is 0 Å². The Morgan fingerprint density at radius 3 is 1.38 bits per heavy atom. The van der Waals surface area contributed by atoms with Gasteiger partial charge in [0.25, 0.3) is 0 Å². The van der Waals surface area contributed by atoms with Crippen LogP contribution in [0.5, 0.6) is 0 Å². The Hall–Kier alpha value is -1.14. The van der Waals surface area contributed by atoms with Crippen molar-refractivity contribution in [3.8, 4) is 0 Å². The van der Waals surface area contributed by atoms with Crippen LogP contribution >= 0.6 is 0 Å². The Kier molecular flexibility index (Phi) is 12.9. The molecule has 0 radical (unpaired) electrons. The smallest absolute Gasteiger partial charge is 0.317 e. The predicted molar refractivity (Wildman–Crippen MR) is 61.6 cm³/mol. The summed E-state index contributed by atoms with van der Waals surface area (Å²) in [6.45, 7) is 9.50. The number of carboxylic acids is 2. The Morgan fingerprint density at radius 1 is 0.938 bits per heavy atom. The van der Waals surface area contributed by atoms with Crippen LogP contribution in [0.25, 0.3) is 0 Å². The molecule has 0 amide bonds. The fourth-order valence-corrected chi connectivity index (χ4v) is 0.947. The van der Waals surface area contributed by atoms with E-state index >= 15 is 0 Å². The van der Waals surface area contributed by atoms with Gasteiger partial charge < -0.3 is 15.1 Å². The van der Waals surface area contributed by atoms with Crippen LogP contribution in [0, 0.1) is 0 Å². The van der Waals surface area contributed by atoms with Gasteiger partial charge in [0.05, 0.1) is 13.1 Å². The average Bonchev–Trinajstić information content (AvgIpc) is 2.20. The highest BCUT2D eigenvalue weighted by Crippen LogP contribution is 1.81. The second-order valence-electron chi connectivity index (χ2n) is 3.01. The zero-order valence-electron chi connectivity index (χ0n) is 10.2. The lowest BCUT2D eigenvalue weighted by molar-refractivity contribution is -0.137. The first kappa shape index (κ1) is 17.3. The molecule has 0 bridgehead atoms. The lowest BCUT2D eigenvalue weighted by Gasteiger charge is -2.13. The van der Waals surface area contributed by atoms with Crippen LogP contribution in [0.4, 0.5) is 0 Å². The number of aliphatic carboxylic acids is 2. The highest BCUT2D eigenvalue weighted by Gasteiger charge is 1.97. The highest BCUT2D eigenvalue weighted by molar-refractivity contribution is 5.72. The van der Waals surface area contributed by atoms with Crippen molar-refractivity contribution < 1.29 is 19.8 Å². The molecular formula is C10H22N2O4. The lowest BCUT2D eigenvalue weighted by Crippen LogP contribution is -2.27. The number of nitrogens with one attached hydrogen (secondary N) is 1. The topological polar surface area (TPSA) is 89.9 Å². The summed E-state index contributed by atoms with van der Waals surface area (Å²) in [6.07, 6.45) is 0. The van der Waals surface area contributed by atoms with Crippen LogP contribution in [0.3, 0.4) is 0 Å². The summed E-state index contributed by atoms with van der Waals surface area (Å²) in [5.41, 5.74) is 0. The number of rotatable bonds is 7. The minimum Gasteiger partial charge on any atom is -0.480 e. The molecule has 96 valence electrons. The van der Waals surface area contributed by atoms with Crippen molar-refractivity contribution in [1.29, 1.82) is 0 Å². The van der Waals surface area contributed by atoms with Gasteiger partial charge in [0.1, 0.15) is 0 Å². The number of hydrogen-bond donors (Lipinski definition) is 3. The minimum atomic E-state index is -1.06. The zero-order chi connectivity index (χ0) is 13.0. The summed E-state index contributed by atoms with van der Waals surface area (Å²) in [7, 11) is 0. The second kappa shape index (κ2) is 11.9. The summed E-state index contributed by atoms with van der Waals surface area (Å²) in [5.74, 6) is -2.12. The van der Waals surface area contributed by atoms with Crippen LogP contribution in [-0.2, 0) is 9.59 Å². The van der Waals surface area contributed by atoms with Crippen molar-refractivity contribution in [2.75, 3.05) is 32.7 Å². The molecule has 0 rings (SSSR count). The van der Waals surface area contributed by atoms with E-state index in [0.29, 0.717) is 0 Å². The molecule has 0 spiro atoms. The van der Waals surface area contributed by atoms with Gasteiger partial charge in [-0.15, -0.1) is 0 Å². The molecule has 0 aromatic rings. The normalized spacial score (nSPS) is 9.50. The maximum Gasteiger partial charge on any atom is 0.317 e. The third kappa shape index (κ3) is 15.3. The van der Waals surface area contributed by atoms with Crippen LogP contribution in [0.1, 0.15) is 20.8 Å². The summed E-state index contributed by atoms with van der Waals surface area (Å²) in [6, 6.07) is 0. The van der Waals surface area contributed by atoms with E-state index in [-0.39, 0.29) is 13.1 Å². The van der Waals surface area contributed by atoms with Crippen LogP contribution < -0.4 is 5.32 Å². The van der Waals surface area contributed by atoms with Crippen molar-refractivity contribution in [2.24, 2.45) is 0 Å². The molecule has 0 unspecified atom stereocenters. The molecule has 0 heterocycles. The molecular weight excluding hydrogens is 212 g/mol. The van der Waals surface area contributed by atoms with Gasteiger partial charge in [0, 0.05) is 0 Å². The highest BCUT2D eigenvalue weighted by atomic mass is 16.4. The maximum atomic E-state index is 9.73. The summed E-state index contributed by atoms with van der Waals surface area (Å²) >= 11 is 0. The third-order valence-corrected chi connectivity index (χ3v) is 1.89. The Bertz CT molecular complexity index is 174. The number of carbonyl (C=O) groups is 2. The molecule has 6 nitrogen and oxygen atoms in total. The lowest BCUT2D eigenvalue weighted by atomic mass is 10.5. The van der Waals surface area contributed by atoms with Gasteiger partial charge in [-0.05, 0) is 19.6 Å². The first-order valence-electron chi connectivity index (χ1n) is 5.34. The molecule has 3 N–H and O–H groups in total. The van der Waals surface area contributed by atoms with Crippen molar-refractivity contribution in [3.05, 3.63) is 0 Å². The van der Waals surface area contributed by atoms with E-state index in [1.807, 2.05) is 0 Å². The molecule has 0 aromatic carbocycles. The fourth-order valence-electron chi connectivity index (χ4n) is 0.947. The van der Waals surface area contributed by atoms with Crippen LogP contribution in [0.2, 0.25) is 0 Å². The average molecular weight is 234 g/mol. The van der Waals surface area contributed by atoms with Crippen molar-refractivity contribution in [1.82, 2.24) is 10.2 Å². The van der Waals surface area contributed by atoms with Crippen LogP contribution in [0.15, 0.2) is 0 Å². The van der Waals surface area contributed by atoms with E-state index in [1.54, 1.807) is 0 Å². The maximum absolute atomic E-state index is 9.73. The molecule has 0 aliphatic carbocycles. The SMILES string of the molecule is CCN(CC)CC.O=C(O)CNCC(=O)O. The van der Waals surface area contributed by atoms with E-state index in [9.17, 15) is 9.59 Å². The molecule has 0 saturated heterocycles. The molecule has 0 fully saturated rings. The zero-order valence-corrected chi connectivity index (χ0v) is 10.2. The summed E-state index contributed by atoms with van der Waals surface area (Å²) in [5, 5.41) is 18.1. The molecule has 16 heavy (non-hydrogen) atoms. The van der Waals surface area contributed by atoms with Crippen molar-refractivity contribution in [2.45, 2.75) is 20.8 Å². The standard InChI is InChI=1S/C6H15N.C4H7NO4/c1-4-7(5-2)6-3;6-3(7)1-5-2-4(8)9/h4-6H2,1-3H3;5H,1-2H2,(H,6,7)(H,8,9). The Labute approximate surface area is 96.3 Å². The predicted octanol–water partition coefficient (Wildman–Crippen LogP) is 0.0933. The van der Waals surface area contributed by atoms with Crippen molar-refractivity contribution in [3.63, 3.8) is 0 Å². The molecule has 0 atom stereocenters. The quantitative estimate of drug-likeness (QED) is 0.578. The second-order valence-corrected chi connectivity index (χ2v) is 3.01. The summed E-state index contributed by atoms with van der Waals surface area (Å²) < 4.78 is 0. The molecule has 0 aromatic heterocycles. The number of nitrogens with zero attached hydrogens (tertiary/aromatic N) is 1. The molecule has 0 saturated carbocycles. The first-order chi connectivity index (χ1) is 7.47. The molecule has 0 aliphatic heterocycles. The molecule has 0 aliphatic rings. The van der Waals surface area contributed by atoms with Gasteiger partial charge in [-0.3, -0.25) is 14.9 Å². The third-order valence-electron chi connectivity index (χ3n) is 1.89. The van der Waals surface area contributed by atoms with E-state index in [1.165, 1.54) is 19.6 Å². The molecule has 6 heteroatoms. The minimum absolute atomic E-state index is 0.313. The van der Waals surface area contributed by atoms with Crippen LogP contribution in [-0.4, -0.2) is 59.8 Å². The Balaban J connectivity index is 0. The van der Waals surface area contributed by atoms with Gasteiger partial charge in [0.2, 0.25) is 0 Å². The monoisotopic (exact) mass is 234 g/mol. The van der Waals surface area contributed by atoms with E-state index < -0.39 is 11.9 Å². The first-order valence-corrected chi connectivity index (χ1v) is 5.34. The van der Waals surface area contributed by atoms with Gasteiger partial charge in [0.15, 0.2) is 0 Å². The number of hydrogen-bond acceptors (Lipinski definition) is 4. The van der Waals surface area contributed by atoms with Gasteiger partial charge in [-0.1, -0.05) is 20.8 Å². The van der Waals surface area contributed by atoms with Gasteiger partial charge >= 0.3 is 11.9 Å². The van der Waals surface area contributed by atoms with E-state index in [4.69, 9.17) is 10.2 Å². The van der Waals surface area contributed by atoms with Crippen molar-refractivity contribution >= 4 is 11.9 Å². The number of carboxylic acid groups (broad SMARTS) is 2. The fraction of sp³-hybridized carbons (Fsp3) is 0.800. The van der Waals surface area contributed by atoms with Gasteiger partial charge in [-0.25, -0.2) is 0 Å². The largest absolute Gasteiger partial charge is 0.480 e. The van der Waals surface area contributed by atoms with E-state index in [2.05, 4.69) is 31.0 Å².